The van der Waals surface area contributed by atoms with Crippen molar-refractivity contribution in [3.8, 4) is 5.75 Å². The van der Waals surface area contributed by atoms with Crippen molar-refractivity contribution >= 4 is 11.3 Å². The summed E-state index contributed by atoms with van der Waals surface area (Å²) in [6.07, 6.45) is 0.753. The molecule has 0 fully saturated rings. The number of nitrogens with two attached hydrogens (primary N) is 1. The van der Waals surface area contributed by atoms with E-state index < -0.39 is 0 Å². The molecule has 2 rings (SSSR count). The summed E-state index contributed by atoms with van der Waals surface area (Å²) in [5, 5.41) is 1.09. The Morgan fingerprint density at radius 3 is 2.68 bits per heavy atom. The number of aromatic nitrogens is 1. The SMILES string of the molecule is CCOc1ccccc1C(N)Cc1nc(C)c(C)s1. The summed E-state index contributed by atoms with van der Waals surface area (Å²) < 4.78 is 5.63. The quantitative estimate of drug-likeness (QED) is 0.910. The van der Waals surface area contributed by atoms with E-state index in [-0.39, 0.29) is 6.04 Å². The fourth-order valence-corrected chi connectivity index (χ4v) is 2.99. The molecule has 0 spiro atoms. The average molecular weight is 276 g/mol. The van der Waals surface area contributed by atoms with Gasteiger partial charge >= 0.3 is 0 Å². The van der Waals surface area contributed by atoms with Crippen LogP contribution in [0.1, 0.15) is 34.1 Å². The summed E-state index contributed by atoms with van der Waals surface area (Å²) in [4.78, 5) is 5.81. The van der Waals surface area contributed by atoms with Gasteiger partial charge in [-0.2, -0.15) is 0 Å². The fraction of sp³-hybridized carbons (Fsp3) is 0.400. The number of thiazole rings is 1. The Morgan fingerprint density at radius 1 is 1.32 bits per heavy atom. The standard InChI is InChI=1S/C15H20N2OS/c1-4-18-14-8-6-5-7-12(14)13(16)9-15-17-10(2)11(3)19-15/h5-8,13H,4,9,16H2,1-3H3. The van der Waals surface area contributed by atoms with Crippen LogP contribution in [0.25, 0.3) is 0 Å². The van der Waals surface area contributed by atoms with Crippen LogP contribution in [0, 0.1) is 13.8 Å². The van der Waals surface area contributed by atoms with Crippen molar-refractivity contribution in [3.05, 3.63) is 45.4 Å². The van der Waals surface area contributed by atoms with Gasteiger partial charge in [-0.1, -0.05) is 18.2 Å². The number of ether oxygens (including phenoxy) is 1. The van der Waals surface area contributed by atoms with Gasteiger partial charge in [0.15, 0.2) is 0 Å². The van der Waals surface area contributed by atoms with Gasteiger partial charge in [0.25, 0.3) is 0 Å². The van der Waals surface area contributed by atoms with Gasteiger partial charge < -0.3 is 10.5 Å². The van der Waals surface area contributed by atoms with Crippen LogP contribution >= 0.6 is 11.3 Å². The lowest BCUT2D eigenvalue weighted by Gasteiger charge is -2.15. The van der Waals surface area contributed by atoms with E-state index >= 15 is 0 Å². The maximum Gasteiger partial charge on any atom is 0.124 e. The minimum atomic E-state index is -0.0762. The number of aryl methyl sites for hydroxylation is 2. The maximum absolute atomic E-state index is 6.30. The second kappa shape index (κ2) is 6.17. The van der Waals surface area contributed by atoms with Gasteiger partial charge in [0.1, 0.15) is 5.75 Å². The maximum atomic E-state index is 6.30. The zero-order chi connectivity index (χ0) is 13.8. The molecule has 102 valence electrons. The molecule has 0 bridgehead atoms. The summed E-state index contributed by atoms with van der Waals surface area (Å²) in [6.45, 7) is 6.76. The minimum Gasteiger partial charge on any atom is -0.494 e. The van der Waals surface area contributed by atoms with Gasteiger partial charge in [-0.3, -0.25) is 0 Å². The Morgan fingerprint density at radius 2 is 2.05 bits per heavy atom. The number of nitrogens with zero attached hydrogens (tertiary/aromatic N) is 1. The van der Waals surface area contributed by atoms with Crippen LogP contribution in [0.15, 0.2) is 24.3 Å². The fourth-order valence-electron chi connectivity index (χ4n) is 2.00. The van der Waals surface area contributed by atoms with E-state index in [4.69, 9.17) is 10.5 Å². The average Bonchev–Trinajstić information content (AvgIpc) is 2.69. The summed E-state index contributed by atoms with van der Waals surface area (Å²) in [6, 6.07) is 7.89. The molecule has 1 aromatic heterocycles. The molecule has 1 unspecified atom stereocenters. The molecule has 19 heavy (non-hydrogen) atoms. The Labute approximate surface area is 118 Å². The Bertz CT molecular complexity index is 531. The molecule has 1 heterocycles. The summed E-state index contributed by atoms with van der Waals surface area (Å²) >= 11 is 1.72. The zero-order valence-electron chi connectivity index (χ0n) is 11.6. The van der Waals surface area contributed by atoms with Crippen molar-refractivity contribution in [3.63, 3.8) is 0 Å². The van der Waals surface area contributed by atoms with Crippen LogP contribution < -0.4 is 10.5 Å². The molecule has 0 radical (unpaired) electrons. The molecule has 2 aromatic rings. The van der Waals surface area contributed by atoms with Gasteiger partial charge in [0.05, 0.1) is 17.3 Å². The monoisotopic (exact) mass is 276 g/mol. The minimum absolute atomic E-state index is 0.0762. The molecular weight excluding hydrogens is 256 g/mol. The van der Waals surface area contributed by atoms with Gasteiger partial charge in [0.2, 0.25) is 0 Å². The van der Waals surface area contributed by atoms with Gasteiger partial charge in [0, 0.05) is 22.9 Å². The van der Waals surface area contributed by atoms with E-state index in [1.54, 1.807) is 11.3 Å². The Hall–Kier alpha value is -1.39. The molecule has 1 atom stereocenters. The Balaban J connectivity index is 2.17. The number of hydrogen-bond acceptors (Lipinski definition) is 4. The first-order valence-electron chi connectivity index (χ1n) is 6.52. The molecule has 0 aliphatic heterocycles. The van der Waals surface area contributed by atoms with Crippen LogP contribution in [0.2, 0.25) is 0 Å². The highest BCUT2D eigenvalue weighted by Crippen LogP contribution is 2.27. The van der Waals surface area contributed by atoms with Gasteiger partial charge in [-0.15, -0.1) is 11.3 Å². The van der Waals surface area contributed by atoms with E-state index in [1.807, 2.05) is 38.1 Å². The van der Waals surface area contributed by atoms with Crippen LogP contribution in [-0.2, 0) is 6.42 Å². The van der Waals surface area contributed by atoms with E-state index in [0.717, 1.165) is 28.4 Å². The lowest BCUT2D eigenvalue weighted by molar-refractivity contribution is 0.334. The van der Waals surface area contributed by atoms with Crippen LogP contribution in [0.5, 0.6) is 5.75 Å². The van der Waals surface area contributed by atoms with E-state index in [1.165, 1.54) is 4.88 Å². The third kappa shape index (κ3) is 3.33. The van der Waals surface area contributed by atoms with Crippen molar-refractivity contribution < 1.29 is 4.74 Å². The molecular formula is C15H20N2OS. The Kier molecular flexibility index (Phi) is 4.56. The van der Waals surface area contributed by atoms with Crippen molar-refractivity contribution in [2.75, 3.05) is 6.61 Å². The van der Waals surface area contributed by atoms with E-state index in [9.17, 15) is 0 Å². The largest absolute Gasteiger partial charge is 0.494 e. The van der Waals surface area contributed by atoms with Crippen molar-refractivity contribution in [1.29, 1.82) is 0 Å². The number of hydrogen-bond donors (Lipinski definition) is 1. The lowest BCUT2D eigenvalue weighted by atomic mass is 10.0. The first-order chi connectivity index (χ1) is 9.11. The third-order valence-corrected chi connectivity index (χ3v) is 4.18. The normalized spacial score (nSPS) is 12.4. The molecule has 1 aromatic carbocycles. The predicted octanol–water partition coefficient (Wildman–Crippen LogP) is 3.40. The van der Waals surface area contributed by atoms with Crippen molar-refractivity contribution in [1.82, 2.24) is 4.98 Å². The zero-order valence-corrected chi connectivity index (χ0v) is 12.5. The predicted molar refractivity (Wildman–Crippen MR) is 79.8 cm³/mol. The van der Waals surface area contributed by atoms with E-state index in [2.05, 4.69) is 11.9 Å². The summed E-state index contributed by atoms with van der Waals surface area (Å²) in [5.41, 5.74) is 8.46. The second-order valence-electron chi connectivity index (χ2n) is 4.53. The highest BCUT2D eigenvalue weighted by molar-refractivity contribution is 7.11. The first-order valence-corrected chi connectivity index (χ1v) is 7.33. The van der Waals surface area contributed by atoms with Crippen molar-refractivity contribution in [2.24, 2.45) is 5.73 Å². The van der Waals surface area contributed by atoms with E-state index in [0.29, 0.717) is 6.61 Å². The second-order valence-corrected chi connectivity index (χ2v) is 5.82. The molecule has 3 nitrogen and oxygen atoms in total. The third-order valence-electron chi connectivity index (χ3n) is 3.09. The van der Waals surface area contributed by atoms with Crippen LogP contribution in [0.4, 0.5) is 0 Å². The molecule has 0 aliphatic carbocycles. The smallest absolute Gasteiger partial charge is 0.124 e. The molecule has 0 saturated carbocycles. The summed E-state index contributed by atoms with van der Waals surface area (Å²) in [7, 11) is 0. The van der Waals surface area contributed by atoms with Crippen LogP contribution in [0.3, 0.4) is 0 Å². The van der Waals surface area contributed by atoms with Crippen LogP contribution in [-0.4, -0.2) is 11.6 Å². The molecule has 2 N–H and O–H groups in total. The molecule has 0 aliphatic rings. The first kappa shape index (κ1) is 14.0. The topological polar surface area (TPSA) is 48.1 Å². The van der Waals surface area contributed by atoms with Gasteiger partial charge in [-0.05, 0) is 26.8 Å². The lowest BCUT2D eigenvalue weighted by Crippen LogP contribution is -2.14. The highest BCUT2D eigenvalue weighted by atomic mass is 32.1. The molecule has 4 heteroatoms. The van der Waals surface area contributed by atoms with Gasteiger partial charge in [-0.25, -0.2) is 4.98 Å². The highest BCUT2D eigenvalue weighted by Gasteiger charge is 2.14. The number of para-hydroxylation sites is 1. The number of rotatable bonds is 5. The molecule has 0 saturated heterocycles. The molecule has 0 amide bonds. The van der Waals surface area contributed by atoms with Crippen molar-refractivity contribution in [2.45, 2.75) is 33.2 Å². The summed E-state index contributed by atoms with van der Waals surface area (Å²) in [5.74, 6) is 0.877. The number of benzene rings is 1.